The number of hydrogen-bond donors (Lipinski definition) is 2. The molecule has 10 heteroatoms. The summed E-state index contributed by atoms with van der Waals surface area (Å²) in [7, 11) is 2.90. The standard InChI is InChI=1S/C22H27N3O6S/c1-14-18-20(27)23-17(24-21(18)32-19(14)22(28)30-3)12-25(9-10-29-2)11-15(26)13-31-16-7-5-4-6-8-16/h4-8,15,26H,9-13H2,1-3H3,(H,23,24,27)/t15-/m1/s1. The first kappa shape index (κ1) is 23.9. The second-order valence-electron chi connectivity index (χ2n) is 7.25. The van der Waals surface area contributed by atoms with Gasteiger partial charge in [0.2, 0.25) is 0 Å². The molecule has 2 N–H and O–H groups in total. The molecule has 0 spiro atoms. The summed E-state index contributed by atoms with van der Waals surface area (Å²) < 4.78 is 15.6. The Morgan fingerprint density at radius 1 is 1.28 bits per heavy atom. The van der Waals surface area contributed by atoms with Gasteiger partial charge in [0.15, 0.2) is 0 Å². The zero-order valence-electron chi connectivity index (χ0n) is 18.3. The molecule has 0 aliphatic heterocycles. The van der Waals surface area contributed by atoms with Crippen molar-refractivity contribution in [3.8, 4) is 5.75 Å². The van der Waals surface area contributed by atoms with E-state index in [1.54, 1.807) is 14.0 Å². The number of ether oxygens (including phenoxy) is 3. The number of aromatic nitrogens is 2. The molecular formula is C22H27N3O6S. The minimum absolute atomic E-state index is 0.128. The number of H-pyrrole nitrogens is 1. The van der Waals surface area contributed by atoms with Gasteiger partial charge < -0.3 is 24.3 Å². The third-order valence-corrected chi connectivity index (χ3v) is 6.03. The van der Waals surface area contributed by atoms with Crippen LogP contribution in [-0.2, 0) is 16.0 Å². The zero-order chi connectivity index (χ0) is 23.1. The van der Waals surface area contributed by atoms with Crippen molar-refractivity contribution in [2.24, 2.45) is 0 Å². The van der Waals surface area contributed by atoms with Crippen molar-refractivity contribution in [3.05, 3.63) is 57.0 Å². The predicted octanol–water partition coefficient (Wildman–Crippen LogP) is 1.97. The number of aliphatic hydroxyl groups excluding tert-OH is 1. The maximum Gasteiger partial charge on any atom is 0.348 e. The Morgan fingerprint density at radius 2 is 2.03 bits per heavy atom. The number of benzene rings is 1. The van der Waals surface area contributed by atoms with Gasteiger partial charge in [-0.1, -0.05) is 18.2 Å². The summed E-state index contributed by atoms with van der Waals surface area (Å²) in [5, 5.41) is 10.9. The van der Waals surface area contributed by atoms with Crippen LogP contribution in [0.1, 0.15) is 21.1 Å². The highest BCUT2D eigenvalue weighted by molar-refractivity contribution is 7.20. The number of hydrogen-bond acceptors (Lipinski definition) is 9. The number of nitrogens with zero attached hydrogens (tertiary/aromatic N) is 2. The van der Waals surface area contributed by atoms with Crippen LogP contribution < -0.4 is 10.3 Å². The average molecular weight is 462 g/mol. The molecule has 1 atom stereocenters. The van der Waals surface area contributed by atoms with Crippen LogP contribution >= 0.6 is 11.3 Å². The second-order valence-corrected chi connectivity index (χ2v) is 8.25. The summed E-state index contributed by atoms with van der Waals surface area (Å²) in [4.78, 5) is 34.7. The van der Waals surface area contributed by atoms with E-state index in [2.05, 4.69) is 9.97 Å². The van der Waals surface area contributed by atoms with Gasteiger partial charge in [-0.25, -0.2) is 9.78 Å². The summed E-state index contributed by atoms with van der Waals surface area (Å²) in [6.07, 6.45) is -0.752. The van der Waals surface area contributed by atoms with Crippen LogP contribution in [-0.4, -0.2) is 72.6 Å². The largest absolute Gasteiger partial charge is 0.491 e. The Kier molecular flexibility index (Phi) is 8.34. The van der Waals surface area contributed by atoms with E-state index in [1.165, 1.54) is 7.11 Å². The van der Waals surface area contributed by atoms with Crippen LogP contribution in [0.15, 0.2) is 35.1 Å². The monoisotopic (exact) mass is 461 g/mol. The van der Waals surface area contributed by atoms with Gasteiger partial charge in [0, 0.05) is 20.2 Å². The fourth-order valence-corrected chi connectivity index (χ4v) is 4.40. The number of thiophene rings is 1. The SMILES string of the molecule is COCCN(Cc1nc2sc(C(=O)OC)c(C)c2c(=O)[nH]1)C[C@@H](O)COc1ccccc1. The van der Waals surface area contributed by atoms with Crippen LogP contribution in [0.2, 0.25) is 0 Å². The van der Waals surface area contributed by atoms with Crippen molar-refractivity contribution in [2.45, 2.75) is 19.6 Å². The number of methoxy groups -OCH3 is 2. The van der Waals surface area contributed by atoms with E-state index >= 15 is 0 Å². The van der Waals surface area contributed by atoms with Crippen molar-refractivity contribution >= 4 is 27.5 Å². The molecule has 0 bridgehead atoms. The van der Waals surface area contributed by atoms with E-state index < -0.39 is 12.1 Å². The number of esters is 1. The molecular weight excluding hydrogens is 434 g/mol. The zero-order valence-corrected chi connectivity index (χ0v) is 19.1. The first-order valence-corrected chi connectivity index (χ1v) is 10.9. The van der Waals surface area contributed by atoms with Gasteiger partial charge in [0.1, 0.15) is 34.0 Å². The number of aliphatic hydroxyl groups is 1. The molecule has 0 fully saturated rings. The molecule has 9 nitrogen and oxygen atoms in total. The molecule has 32 heavy (non-hydrogen) atoms. The summed E-state index contributed by atoms with van der Waals surface area (Å²) in [5.74, 6) is 0.628. The number of para-hydroxylation sites is 1. The molecule has 1 aromatic carbocycles. The van der Waals surface area contributed by atoms with E-state index in [-0.39, 0.29) is 12.2 Å². The number of rotatable bonds is 11. The Bertz CT molecular complexity index is 1100. The van der Waals surface area contributed by atoms with Gasteiger partial charge in [0.25, 0.3) is 5.56 Å². The van der Waals surface area contributed by atoms with Crippen LogP contribution in [0.25, 0.3) is 10.2 Å². The third kappa shape index (κ3) is 5.92. The summed E-state index contributed by atoms with van der Waals surface area (Å²) in [6.45, 7) is 3.40. The van der Waals surface area contributed by atoms with Gasteiger partial charge >= 0.3 is 5.97 Å². The number of aryl methyl sites for hydroxylation is 1. The van der Waals surface area contributed by atoms with Crippen LogP contribution in [0.3, 0.4) is 0 Å². The summed E-state index contributed by atoms with van der Waals surface area (Å²) >= 11 is 1.13. The van der Waals surface area contributed by atoms with Gasteiger partial charge in [-0.05, 0) is 24.6 Å². The Morgan fingerprint density at radius 3 is 2.72 bits per heavy atom. The fourth-order valence-electron chi connectivity index (χ4n) is 3.28. The summed E-state index contributed by atoms with van der Waals surface area (Å²) in [5.41, 5.74) is 0.246. The van der Waals surface area contributed by atoms with Crippen LogP contribution in [0.4, 0.5) is 0 Å². The highest BCUT2D eigenvalue weighted by Crippen LogP contribution is 2.27. The number of nitrogens with one attached hydrogen (secondary N) is 1. The van der Waals surface area contributed by atoms with E-state index in [0.29, 0.717) is 58.5 Å². The third-order valence-electron chi connectivity index (χ3n) is 4.86. The maximum atomic E-state index is 12.7. The molecule has 0 amide bonds. The maximum absolute atomic E-state index is 12.7. The van der Waals surface area contributed by atoms with Crippen LogP contribution in [0.5, 0.6) is 5.75 Å². The van der Waals surface area contributed by atoms with Crippen molar-refractivity contribution < 1.29 is 24.1 Å². The molecule has 2 aromatic heterocycles. The lowest BCUT2D eigenvalue weighted by atomic mass is 10.2. The van der Waals surface area contributed by atoms with Gasteiger partial charge in [-0.3, -0.25) is 9.69 Å². The topological polar surface area (TPSA) is 114 Å². The first-order chi connectivity index (χ1) is 15.4. The quantitative estimate of drug-likeness (QED) is 0.417. The molecule has 0 aliphatic carbocycles. The fraction of sp³-hybridized carbons (Fsp3) is 0.409. The van der Waals surface area contributed by atoms with E-state index in [1.807, 2.05) is 35.2 Å². The molecule has 3 rings (SSSR count). The van der Waals surface area contributed by atoms with Gasteiger partial charge in [-0.2, -0.15) is 0 Å². The molecule has 0 aliphatic rings. The molecule has 0 unspecified atom stereocenters. The second kappa shape index (κ2) is 11.2. The lowest BCUT2D eigenvalue weighted by molar-refractivity contribution is 0.0533. The number of aromatic amines is 1. The number of carbonyl (C=O) groups is 1. The van der Waals surface area contributed by atoms with Gasteiger partial charge in [0.05, 0.1) is 25.6 Å². The predicted molar refractivity (Wildman–Crippen MR) is 121 cm³/mol. The Hall–Kier alpha value is -2.79. The lowest BCUT2D eigenvalue weighted by Crippen LogP contribution is -2.38. The van der Waals surface area contributed by atoms with Crippen molar-refractivity contribution in [1.82, 2.24) is 14.9 Å². The van der Waals surface area contributed by atoms with Gasteiger partial charge in [-0.15, -0.1) is 11.3 Å². The Balaban J connectivity index is 1.74. The number of carbonyl (C=O) groups excluding carboxylic acids is 1. The van der Waals surface area contributed by atoms with Crippen LogP contribution in [0, 0.1) is 6.92 Å². The molecule has 3 aromatic rings. The smallest absolute Gasteiger partial charge is 0.348 e. The average Bonchev–Trinajstić information content (AvgIpc) is 3.12. The molecule has 2 heterocycles. The highest BCUT2D eigenvalue weighted by Gasteiger charge is 2.21. The minimum Gasteiger partial charge on any atom is -0.491 e. The van der Waals surface area contributed by atoms with Crippen molar-refractivity contribution in [1.29, 1.82) is 0 Å². The van der Waals surface area contributed by atoms with E-state index in [4.69, 9.17) is 14.2 Å². The normalized spacial score (nSPS) is 12.3. The summed E-state index contributed by atoms with van der Waals surface area (Å²) in [6, 6.07) is 9.27. The molecule has 0 saturated heterocycles. The molecule has 172 valence electrons. The first-order valence-electron chi connectivity index (χ1n) is 10.1. The molecule has 0 radical (unpaired) electrons. The van der Waals surface area contributed by atoms with Crippen molar-refractivity contribution in [3.63, 3.8) is 0 Å². The number of fused-ring (bicyclic) bond motifs is 1. The van der Waals surface area contributed by atoms with E-state index in [0.717, 1.165) is 11.3 Å². The lowest BCUT2D eigenvalue weighted by Gasteiger charge is -2.24. The Labute approximate surface area is 189 Å². The minimum atomic E-state index is -0.752. The molecule has 0 saturated carbocycles. The van der Waals surface area contributed by atoms with Crippen molar-refractivity contribution in [2.75, 3.05) is 40.5 Å². The highest BCUT2D eigenvalue weighted by atomic mass is 32.1. The van der Waals surface area contributed by atoms with E-state index in [9.17, 15) is 14.7 Å².